The molecule has 3 aromatic rings. The van der Waals surface area contributed by atoms with Crippen molar-refractivity contribution in [2.75, 3.05) is 10.6 Å². The van der Waals surface area contributed by atoms with E-state index in [1.807, 2.05) is 30.3 Å². The predicted octanol–water partition coefficient (Wildman–Crippen LogP) is 4.30. The van der Waals surface area contributed by atoms with Gasteiger partial charge < -0.3 is 5.73 Å². The summed E-state index contributed by atoms with van der Waals surface area (Å²) in [4.78, 5) is 18.6. The molecule has 0 aliphatic heterocycles. The molecule has 0 atom stereocenters. The number of nitrogens with zero attached hydrogens (tertiary/aromatic N) is 2. The number of carbonyl (C=O) groups excluding carboxylic acids is 1. The third-order valence-corrected chi connectivity index (χ3v) is 3.66. The molecule has 0 spiro atoms. The van der Waals surface area contributed by atoms with Gasteiger partial charge in [0.15, 0.2) is 0 Å². The highest BCUT2D eigenvalue weighted by atomic mass is 35.5. The number of benzene rings is 2. The van der Waals surface area contributed by atoms with E-state index in [0.717, 1.165) is 5.69 Å². The quantitative estimate of drug-likeness (QED) is 0.577. The molecule has 1 heterocycles. The number of amides is 1. The molecule has 0 fully saturated rings. The molecule has 0 saturated carbocycles. The summed E-state index contributed by atoms with van der Waals surface area (Å²) in [7, 11) is 0. The lowest BCUT2D eigenvalue weighted by molar-refractivity contribution is 0.0999. The van der Waals surface area contributed by atoms with Crippen LogP contribution >= 0.6 is 11.6 Å². The van der Waals surface area contributed by atoms with Crippen molar-refractivity contribution in [3.63, 3.8) is 0 Å². The number of anilines is 3. The fourth-order valence-electron chi connectivity index (χ4n) is 2.25. The number of hydrogen-bond donors (Lipinski definition) is 1. The van der Waals surface area contributed by atoms with Crippen LogP contribution in [-0.4, -0.2) is 10.9 Å². The van der Waals surface area contributed by atoms with Gasteiger partial charge in [-0.3, -0.25) is 9.69 Å². The summed E-state index contributed by atoms with van der Waals surface area (Å²) < 4.78 is 0. The Balaban J connectivity index is 2.11. The van der Waals surface area contributed by atoms with Crippen LogP contribution < -0.4 is 10.6 Å². The number of aromatic nitrogens is 1. The number of carbonyl (C=O) groups is 1. The van der Waals surface area contributed by atoms with Gasteiger partial charge in [-0.25, -0.2) is 4.98 Å². The van der Waals surface area contributed by atoms with Gasteiger partial charge >= 0.3 is 0 Å². The lowest BCUT2D eigenvalue weighted by atomic mass is 10.1. The van der Waals surface area contributed by atoms with E-state index in [1.165, 1.54) is 0 Å². The maximum Gasteiger partial charge on any atom is 0.265 e. The van der Waals surface area contributed by atoms with Crippen molar-refractivity contribution in [3.8, 4) is 0 Å². The zero-order chi connectivity index (χ0) is 16.2. The topological polar surface area (TPSA) is 59.2 Å². The number of hydrogen-bond acceptors (Lipinski definition) is 3. The van der Waals surface area contributed by atoms with E-state index in [1.54, 1.807) is 47.5 Å². The Labute approximate surface area is 139 Å². The zero-order valence-electron chi connectivity index (χ0n) is 12.2. The average molecular weight is 324 g/mol. The maximum absolute atomic E-state index is 13.0. The molecule has 1 amide bonds. The second kappa shape index (κ2) is 6.50. The summed E-state index contributed by atoms with van der Waals surface area (Å²) in [6.45, 7) is 0. The molecule has 23 heavy (non-hydrogen) atoms. The molecule has 0 saturated heterocycles. The van der Waals surface area contributed by atoms with Crippen molar-refractivity contribution < 1.29 is 4.79 Å². The highest BCUT2D eigenvalue weighted by Crippen LogP contribution is 2.29. The summed E-state index contributed by atoms with van der Waals surface area (Å²) in [6, 6.07) is 19.8. The van der Waals surface area contributed by atoms with Crippen LogP contribution in [0.25, 0.3) is 0 Å². The monoisotopic (exact) mass is 323 g/mol. The van der Waals surface area contributed by atoms with Gasteiger partial charge in [-0.05, 0) is 48.5 Å². The summed E-state index contributed by atoms with van der Waals surface area (Å²) in [5.74, 6) is -0.251. The first kappa shape index (κ1) is 15.1. The van der Waals surface area contributed by atoms with E-state index >= 15 is 0 Å². The first-order valence-corrected chi connectivity index (χ1v) is 7.40. The minimum absolute atomic E-state index is 0.175. The van der Waals surface area contributed by atoms with E-state index in [9.17, 15) is 4.79 Å². The first-order valence-electron chi connectivity index (χ1n) is 7.02. The molecular weight excluding hydrogens is 310 g/mol. The van der Waals surface area contributed by atoms with Gasteiger partial charge in [-0.2, -0.15) is 0 Å². The minimum atomic E-state index is -0.251. The average Bonchev–Trinajstić information content (AvgIpc) is 2.58. The molecule has 3 rings (SSSR count). The van der Waals surface area contributed by atoms with Gasteiger partial charge in [-0.1, -0.05) is 29.8 Å². The lowest BCUT2D eigenvalue weighted by Crippen LogP contribution is -2.26. The molecule has 4 nitrogen and oxygen atoms in total. The van der Waals surface area contributed by atoms with Crippen molar-refractivity contribution in [3.05, 3.63) is 83.6 Å². The number of rotatable bonds is 3. The fraction of sp³-hybridized carbons (Fsp3) is 0. The molecule has 1 aromatic heterocycles. The number of nitrogen functional groups attached to an aromatic ring is 1. The normalized spacial score (nSPS) is 10.3. The summed E-state index contributed by atoms with van der Waals surface area (Å²) in [6.07, 6.45) is 1.55. The molecule has 2 aromatic carbocycles. The van der Waals surface area contributed by atoms with Gasteiger partial charge in [0.2, 0.25) is 0 Å². The maximum atomic E-state index is 13.0. The van der Waals surface area contributed by atoms with Crippen LogP contribution in [0.15, 0.2) is 72.9 Å². The molecule has 0 aliphatic carbocycles. The van der Waals surface area contributed by atoms with Crippen molar-refractivity contribution in [1.82, 2.24) is 4.98 Å². The van der Waals surface area contributed by atoms with E-state index < -0.39 is 0 Å². The summed E-state index contributed by atoms with van der Waals surface area (Å²) in [5, 5.41) is 0.175. The number of nitrogens with two attached hydrogens (primary N) is 1. The number of pyridine rings is 1. The molecule has 0 bridgehead atoms. The number of para-hydroxylation sites is 1. The standard InChI is InChI=1S/C18H14ClN3O/c19-17-16(7-4-12-21-17)18(23)22(14-5-2-1-3-6-14)15-10-8-13(20)9-11-15/h1-12H,20H2. The van der Waals surface area contributed by atoms with Crippen molar-refractivity contribution in [2.24, 2.45) is 0 Å². The first-order chi connectivity index (χ1) is 11.2. The van der Waals surface area contributed by atoms with Gasteiger partial charge in [-0.15, -0.1) is 0 Å². The molecule has 5 heteroatoms. The number of halogens is 1. The molecule has 0 unspecified atom stereocenters. The van der Waals surface area contributed by atoms with Crippen LogP contribution in [0.5, 0.6) is 0 Å². The van der Waals surface area contributed by atoms with Crippen LogP contribution in [0.1, 0.15) is 10.4 Å². The SMILES string of the molecule is Nc1ccc(N(C(=O)c2cccnc2Cl)c2ccccc2)cc1. The second-order valence-corrected chi connectivity index (χ2v) is 5.27. The largest absolute Gasteiger partial charge is 0.399 e. The Morgan fingerprint density at radius 2 is 1.57 bits per heavy atom. The molecule has 114 valence electrons. The Morgan fingerprint density at radius 1 is 0.913 bits per heavy atom. The lowest BCUT2D eigenvalue weighted by Gasteiger charge is -2.23. The predicted molar refractivity (Wildman–Crippen MR) is 93.0 cm³/mol. The van der Waals surface area contributed by atoms with Gasteiger partial charge in [0, 0.05) is 23.3 Å². The van der Waals surface area contributed by atoms with Crippen molar-refractivity contribution >= 4 is 34.6 Å². The second-order valence-electron chi connectivity index (χ2n) is 4.91. The molecule has 0 radical (unpaired) electrons. The summed E-state index contributed by atoms with van der Waals surface area (Å²) in [5.41, 5.74) is 8.16. The smallest absolute Gasteiger partial charge is 0.265 e. The fourth-order valence-corrected chi connectivity index (χ4v) is 2.45. The highest BCUT2D eigenvalue weighted by Gasteiger charge is 2.22. The van der Waals surface area contributed by atoms with E-state index in [4.69, 9.17) is 17.3 Å². The third-order valence-electron chi connectivity index (χ3n) is 3.36. The van der Waals surface area contributed by atoms with Gasteiger partial charge in [0.05, 0.1) is 5.56 Å². The highest BCUT2D eigenvalue weighted by molar-refractivity contribution is 6.33. The Hall–Kier alpha value is -2.85. The van der Waals surface area contributed by atoms with Crippen LogP contribution in [0.4, 0.5) is 17.1 Å². The molecular formula is C18H14ClN3O. The van der Waals surface area contributed by atoms with Crippen LogP contribution in [0.3, 0.4) is 0 Å². The van der Waals surface area contributed by atoms with Crippen LogP contribution in [0.2, 0.25) is 5.15 Å². The zero-order valence-corrected chi connectivity index (χ0v) is 12.9. The van der Waals surface area contributed by atoms with E-state index in [2.05, 4.69) is 4.98 Å². The van der Waals surface area contributed by atoms with E-state index in [-0.39, 0.29) is 11.1 Å². The van der Waals surface area contributed by atoms with Crippen molar-refractivity contribution in [2.45, 2.75) is 0 Å². The summed E-state index contributed by atoms with van der Waals surface area (Å²) >= 11 is 6.08. The van der Waals surface area contributed by atoms with Crippen LogP contribution in [0, 0.1) is 0 Å². The molecule has 0 aliphatic rings. The molecule has 2 N–H and O–H groups in total. The third kappa shape index (κ3) is 3.17. The Kier molecular flexibility index (Phi) is 4.26. The van der Waals surface area contributed by atoms with Crippen LogP contribution in [-0.2, 0) is 0 Å². The van der Waals surface area contributed by atoms with Crippen molar-refractivity contribution in [1.29, 1.82) is 0 Å². The van der Waals surface area contributed by atoms with E-state index in [0.29, 0.717) is 16.9 Å². The van der Waals surface area contributed by atoms with Gasteiger partial charge in [0.1, 0.15) is 5.15 Å². The Bertz CT molecular complexity index is 819. The van der Waals surface area contributed by atoms with Gasteiger partial charge in [0.25, 0.3) is 5.91 Å². The minimum Gasteiger partial charge on any atom is -0.399 e. The Morgan fingerprint density at radius 3 is 2.22 bits per heavy atom.